The van der Waals surface area contributed by atoms with E-state index in [1.54, 1.807) is 4.90 Å². The molecule has 0 radical (unpaired) electrons. The Morgan fingerprint density at radius 1 is 1.07 bits per heavy atom. The first-order valence-corrected chi connectivity index (χ1v) is 10.6. The number of carbonyl (C=O) groups is 3. The molecule has 2 aliphatic heterocycles. The zero-order valence-corrected chi connectivity index (χ0v) is 17.5. The highest BCUT2D eigenvalue weighted by Gasteiger charge is 2.40. The van der Waals surface area contributed by atoms with Gasteiger partial charge in [0, 0.05) is 25.7 Å². The number of piperazine rings is 1. The highest BCUT2D eigenvalue weighted by Crippen LogP contribution is 2.25. The van der Waals surface area contributed by atoms with Crippen LogP contribution in [0, 0.1) is 0 Å². The first-order chi connectivity index (χ1) is 14.0. The fourth-order valence-corrected chi connectivity index (χ4v) is 4.04. The highest BCUT2D eigenvalue weighted by atomic mass is 16.2. The smallest absolute Gasteiger partial charge is 0.313 e. The third-order valence-electron chi connectivity index (χ3n) is 5.86. The zero-order valence-electron chi connectivity index (χ0n) is 17.5. The Bertz CT molecular complexity index is 716. The van der Waals surface area contributed by atoms with Crippen molar-refractivity contribution in [2.24, 2.45) is 0 Å². The summed E-state index contributed by atoms with van der Waals surface area (Å²) in [5.41, 5.74) is 0.737. The molecule has 7 heteroatoms. The average molecular weight is 401 g/mol. The topological polar surface area (TPSA) is 73.0 Å². The largest absolute Gasteiger partial charge is 0.351 e. The lowest BCUT2D eigenvalue weighted by Gasteiger charge is -2.39. The van der Waals surface area contributed by atoms with Gasteiger partial charge in [-0.2, -0.15) is 0 Å². The second kappa shape index (κ2) is 9.87. The number of amides is 3. The Balaban J connectivity index is 1.76. The van der Waals surface area contributed by atoms with Gasteiger partial charge in [-0.15, -0.1) is 0 Å². The van der Waals surface area contributed by atoms with Crippen LogP contribution in [-0.4, -0.2) is 78.2 Å². The van der Waals surface area contributed by atoms with Gasteiger partial charge in [0.2, 0.25) is 5.91 Å². The summed E-state index contributed by atoms with van der Waals surface area (Å²) in [4.78, 5) is 44.1. The van der Waals surface area contributed by atoms with Crippen molar-refractivity contribution in [3.63, 3.8) is 0 Å². The number of nitrogens with one attached hydrogen (secondary N) is 1. The number of likely N-dealkylation sites (tertiary alicyclic amines) is 1. The van der Waals surface area contributed by atoms with Crippen LogP contribution < -0.4 is 5.32 Å². The van der Waals surface area contributed by atoms with Crippen LogP contribution in [0.2, 0.25) is 0 Å². The number of benzene rings is 1. The third-order valence-corrected chi connectivity index (χ3v) is 5.86. The van der Waals surface area contributed by atoms with Gasteiger partial charge in [-0.3, -0.25) is 14.4 Å². The van der Waals surface area contributed by atoms with E-state index in [4.69, 9.17) is 0 Å². The van der Waals surface area contributed by atoms with Crippen molar-refractivity contribution in [1.82, 2.24) is 20.0 Å². The second-order valence-corrected chi connectivity index (χ2v) is 8.04. The number of piperidine rings is 1. The van der Waals surface area contributed by atoms with Gasteiger partial charge in [0.1, 0.15) is 6.04 Å². The van der Waals surface area contributed by atoms with Crippen molar-refractivity contribution in [2.75, 3.05) is 39.8 Å². The number of carbonyl (C=O) groups excluding carboxylic acids is 3. The van der Waals surface area contributed by atoms with Gasteiger partial charge >= 0.3 is 11.8 Å². The molecule has 3 amide bonds. The van der Waals surface area contributed by atoms with E-state index < -0.39 is 17.9 Å². The Hall–Kier alpha value is -2.41. The molecular formula is C22H32N4O3. The summed E-state index contributed by atoms with van der Waals surface area (Å²) in [5.74, 6) is -1.29. The van der Waals surface area contributed by atoms with E-state index in [0.717, 1.165) is 44.3 Å². The quantitative estimate of drug-likeness (QED) is 0.703. The van der Waals surface area contributed by atoms with Crippen LogP contribution in [0.5, 0.6) is 0 Å². The number of unbranched alkanes of at least 4 members (excludes halogenated alkanes) is 1. The molecule has 2 aliphatic rings. The molecule has 2 heterocycles. The molecule has 0 aliphatic carbocycles. The second-order valence-electron chi connectivity index (χ2n) is 8.04. The molecule has 0 bridgehead atoms. The number of hydrogen-bond donors (Lipinski definition) is 1. The van der Waals surface area contributed by atoms with Crippen LogP contribution in [0.25, 0.3) is 0 Å². The van der Waals surface area contributed by atoms with Crippen LogP contribution in [0.4, 0.5) is 0 Å². The first kappa shape index (κ1) is 21.3. The normalized spacial score (nSPS) is 20.1. The van der Waals surface area contributed by atoms with Crippen LogP contribution in [-0.2, 0) is 14.4 Å². The van der Waals surface area contributed by atoms with E-state index in [1.807, 2.05) is 30.3 Å². The average Bonchev–Trinajstić information content (AvgIpc) is 2.73. The third kappa shape index (κ3) is 5.15. The van der Waals surface area contributed by atoms with E-state index in [-0.39, 0.29) is 11.9 Å². The molecule has 1 N–H and O–H groups in total. The van der Waals surface area contributed by atoms with Gasteiger partial charge in [-0.1, -0.05) is 43.7 Å². The monoisotopic (exact) mass is 400 g/mol. The number of nitrogens with zero attached hydrogens (tertiary/aromatic N) is 3. The van der Waals surface area contributed by atoms with Crippen LogP contribution in [0.3, 0.4) is 0 Å². The summed E-state index contributed by atoms with van der Waals surface area (Å²) in [6, 6.07) is 8.61. The van der Waals surface area contributed by atoms with Gasteiger partial charge < -0.3 is 20.0 Å². The number of rotatable bonds is 7. The molecule has 7 nitrogen and oxygen atoms in total. The van der Waals surface area contributed by atoms with E-state index in [2.05, 4.69) is 24.2 Å². The Kier molecular flexibility index (Phi) is 7.25. The molecule has 3 rings (SSSR count). The predicted octanol–water partition coefficient (Wildman–Crippen LogP) is 1.41. The van der Waals surface area contributed by atoms with Gasteiger partial charge in [0.15, 0.2) is 0 Å². The minimum absolute atomic E-state index is 0.0987. The van der Waals surface area contributed by atoms with Crippen LogP contribution in [0.1, 0.15) is 44.2 Å². The summed E-state index contributed by atoms with van der Waals surface area (Å²) >= 11 is 0. The molecule has 158 valence electrons. The van der Waals surface area contributed by atoms with E-state index in [9.17, 15) is 14.4 Å². The molecular weight excluding hydrogens is 368 g/mol. The lowest BCUT2D eigenvalue weighted by atomic mass is 10.0. The predicted molar refractivity (Wildman–Crippen MR) is 111 cm³/mol. The maximum atomic E-state index is 13.3. The molecule has 0 saturated carbocycles. The summed E-state index contributed by atoms with van der Waals surface area (Å²) in [6.45, 7) is 5.36. The Morgan fingerprint density at radius 3 is 2.41 bits per heavy atom. The molecule has 2 saturated heterocycles. The molecule has 29 heavy (non-hydrogen) atoms. The summed E-state index contributed by atoms with van der Waals surface area (Å²) in [5, 5.41) is 3.13. The highest BCUT2D eigenvalue weighted by molar-refractivity contribution is 6.35. The van der Waals surface area contributed by atoms with Crippen LogP contribution in [0.15, 0.2) is 30.3 Å². The van der Waals surface area contributed by atoms with Gasteiger partial charge in [-0.25, -0.2) is 0 Å². The first-order valence-electron chi connectivity index (χ1n) is 10.6. The van der Waals surface area contributed by atoms with E-state index >= 15 is 0 Å². The van der Waals surface area contributed by atoms with Crippen molar-refractivity contribution in [1.29, 1.82) is 0 Å². The minimum Gasteiger partial charge on any atom is -0.351 e. The lowest BCUT2D eigenvalue weighted by Crippen LogP contribution is -2.58. The molecule has 0 spiro atoms. The lowest BCUT2D eigenvalue weighted by molar-refractivity contribution is -0.159. The molecule has 1 aromatic carbocycles. The molecule has 2 fully saturated rings. The minimum atomic E-state index is -0.777. The van der Waals surface area contributed by atoms with Crippen LogP contribution >= 0.6 is 0 Å². The summed E-state index contributed by atoms with van der Waals surface area (Å²) < 4.78 is 0. The molecule has 0 unspecified atom stereocenters. The SMILES string of the molecule is CCCCN1CCN([C@H](C(=O)NC2CCN(C)CC2)c2ccccc2)C(=O)C1=O. The molecule has 1 aromatic rings. The van der Waals surface area contributed by atoms with Gasteiger partial charge in [-0.05, 0) is 45.0 Å². The van der Waals surface area contributed by atoms with E-state index in [1.165, 1.54) is 4.90 Å². The fourth-order valence-electron chi connectivity index (χ4n) is 4.04. The Morgan fingerprint density at radius 2 is 1.76 bits per heavy atom. The van der Waals surface area contributed by atoms with Gasteiger partial charge in [0.25, 0.3) is 0 Å². The maximum Gasteiger partial charge on any atom is 0.313 e. The zero-order chi connectivity index (χ0) is 20.8. The summed E-state index contributed by atoms with van der Waals surface area (Å²) in [6.07, 6.45) is 3.62. The maximum absolute atomic E-state index is 13.3. The molecule has 1 atom stereocenters. The van der Waals surface area contributed by atoms with Crippen molar-refractivity contribution < 1.29 is 14.4 Å². The summed E-state index contributed by atoms with van der Waals surface area (Å²) in [7, 11) is 2.08. The molecule has 0 aromatic heterocycles. The van der Waals surface area contributed by atoms with Gasteiger partial charge in [0.05, 0.1) is 0 Å². The van der Waals surface area contributed by atoms with Crippen molar-refractivity contribution in [3.05, 3.63) is 35.9 Å². The standard InChI is InChI=1S/C22H32N4O3/c1-3-4-12-25-15-16-26(22(29)21(25)28)19(17-8-6-5-7-9-17)20(27)23-18-10-13-24(2)14-11-18/h5-9,18-19H,3-4,10-16H2,1-2H3,(H,23,27)/t19-/m0/s1. The fraction of sp³-hybridized carbons (Fsp3) is 0.591. The van der Waals surface area contributed by atoms with Crippen molar-refractivity contribution in [3.8, 4) is 0 Å². The Labute approximate surface area is 173 Å². The van der Waals surface area contributed by atoms with Crippen molar-refractivity contribution in [2.45, 2.75) is 44.7 Å². The van der Waals surface area contributed by atoms with E-state index in [0.29, 0.717) is 19.6 Å². The number of hydrogen-bond acceptors (Lipinski definition) is 4. The van der Waals surface area contributed by atoms with Crippen molar-refractivity contribution >= 4 is 17.7 Å².